The number of hydrogen-bond donors (Lipinski definition) is 0. The molecule has 3 atom stereocenters. The predicted octanol–water partition coefficient (Wildman–Crippen LogP) is 7.81. The van der Waals surface area contributed by atoms with E-state index in [1.54, 1.807) is 29.2 Å². The van der Waals surface area contributed by atoms with E-state index in [1.807, 2.05) is 36.4 Å². The molecule has 0 radical (unpaired) electrons. The van der Waals surface area contributed by atoms with E-state index >= 15 is 0 Å². The molecule has 9 nitrogen and oxygen atoms in total. The molecule has 2 unspecified atom stereocenters. The molecule has 1 saturated heterocycles. The lowest BCUT2D eigenvalue weighted by molar-refractivity contribution is -0.384. The van der Waals surface area contributed by atoms with E-state index < -0.39 is 19.2 Å². The predicted molar refractivity (Wildman–Crippen MR) is 183 cm³/mol. The molecule has 0 N–H and O–H groups in total. The van der Waals surface area contributed by atoms with Gasteiger partial charge in [0.15, 0.2) is 14.1 Å². The zero-order chi connectivity index (χ0) is 33.9. The van der Waals surface area contributed by atoms with E-state index in [-0.39, 0.29) is 47.6 Å². The third kappa shape index (κ3) is 6.71. The minimum atomic E-state index is -1.80. The summed E-state index contributed by atoms with van der Waals surface area (Å²) in [5.74, 6) is -1.06. The molecule has 2 heterocycles. The van der Waals surface area contributed by atoms with Gasteiger partial charge in [-0.05, 0) is 71.4 Å². The number of Topliss-reactive ketones (excluding diaryl/α,β-unsaturated/α-hetero) is 1. The number of esters is 1. The second-order valence-corrected chi connectivity index (χ2v) is 17.2. The summed E-state index contributed by atoms with van der Waals surface area (Å²) < 4.78 is 12.2. The first-order valence-corrected chi connectivity index (χ1v) is 18.9. The van der Waals surface area contributed by atoms with Crippen LogP contribution >= 0.6 is 0 Å². The summed E-state index contributed by atoms with van der Waals surface area (Å²) in [6.07, 6.45) is 0.604. The van der Waals surface area contributed by atoms with Gasteiger partial charge in [-0.3, -0.25) is 19.7 Å². The monoisotopic (exact) mass is 654 g/mol. The minimum absolute atomic E-state index is 0.00795. The van der Waals surface area contributed by atoms with Crippen LogP contribution in [0.5, 0.6) is 0 Å². The standard InChI is InChI=1S/C37H42N2O7Si/c1-6-47(7-2,8-3)46-22-21-32-34-24(4)33(30-17-15-29(16-18-30)28-13-11-27(12-14-28)25(5)40)35(38(34)36(32)41)37(42)45-23-26-9-19-31(20-10-26)39(43)44/h9-20,24,32,34H,6-8,21-23H2,1-5H3/t24-,32?,34?/m0/s1. The average molecular weight is 655 g/mol. The Kier molecular flexibility index (Phi) is 10.2. The van der Waals surface area contributed by atoms with Crippen LogP contribution in [0.1, 0.15) is 62.5 Å². The number of nitro benzene ring substituents is 1. The highest BCUT2D eigenvalue weighted by Gasteiger charge is 2.58. The third-order valence-corrected chi connectivity index (χ3v) is 14.7. The number of non-ortho nitro benzene ring substituents is 1. The lowest BCUT2D eigenvalue weighted by atomic mass is 9.78. The number of carbonyl (C=O) groups excluding carboxylic acids is 3. The molecule has 0 saturated carbocycles. The van der Waals surface area contributed by atoms with Gasteiger partial charge in [0.05, 0.1) is 16.9 Å². The lowest BCUT2D eigenvalue weighted by Crippen LogP contribution is -2.60. The smallest absolute Gasteiger partial charge is 0.355 e. The van der Waals surface area contributed by atoms with Gasteiger partial charge in [-0.15, -0.1) is 0 Å². The van der Waals surface area contributed by atoms with Crippen molar-refractivity contribution in [3.63, 3.8) is 0 Å². The first-order valence-electron chi connectivity index (χ1n) is 16.4. The Morgan fingerprint density at radius 2 is 1.43 bits per heavy atom. The quantitative estimate of drug-likeness (QED) is 0.0435. The van der Waals surface area contributed by atoms with Gasteiger partial charge >= 0.3 is 5.97 Å². The van der Waals surface area contributed by atoms with Crippen molar-refractivity contribution < 1.29 is 28.5 Å². The summed E-state index contributed by atoms with van der Waals surface area (Å²) in [6.45, 7) is 10.6. The van der Waals surface area contributed by atoms with E-state index in [2.05, 4.69) is 27.7 Å². The summed E-state index contributed by atoms with van der Waals surface area (Å²) in [7, 11) is -1.80. The highest BCUT2D eigenvalue weighted by atomic mass is 28.4. The normalized spacial score (nSPS) is 19.0. The molecule has 5 rings (SSSR count). The van der Waals surface area contributed by atoms with Gasteiger partial charge in [0.25, 0.3) is 5.69 Å². The van der Waals surface area contributed by atoms with Gasteiger partial charge < -0.3 is 14.1 Å². The van der Waals surface area contributed by atoms with Crippen molar-refractivity contribution in [2.24, 2.45) is 11.8 Å². The van der Waals surface area contributed by atoms with Gasteiger partial charge in [0.2, 0.25) is 5.91 Å². The molecule has 0 bridgehead atoms. The SMILES string of the molecule is CC[Si](CC)(CC)OCCC1C(=O)N2C(C(=O)OCc3ccc([N+](=O)[O-])cc3)=C(c3ccc(-c4ccc(C(C)=O)cc4)cc3)[C@H](C)C12. The van der Waals surface area contributed by atoms with Crippen LogP contribution in [0.25, 0.3) is 16.7 Å². The Hall–Kier alpha value is -4.41. The van der Waals surface area contributed by atoms with Crippen molar-refractivity contribution in [3.05, 3.63) is 105 Å². The zero-order valence-electron chi connectivity index (χ0n) is 27.7. The van der Waals surface area contributed by atoms with Crippen LogP contribution in [0.4, 0.5) is 5.69 Å². The first kappa shape index (κ1) is 33.9. The first-order chi connectivity index (χ1) is 22.5. The summed E-state index contributed by atoms with van der Waals surface area (Å²) in [4.78, 5) is 51.3. The molecular formula is C37H42N2O7Si. The van der Waals surface area contributed by atoms with Crippen LogP contribution in [0.2, 0.25) is 18.1 Å². The molecule has 0 spiro atoms. The number of rotatable bonds is 14. The van der Waals surface area contributed by atoms with E-state index in [1.165, 1.54) is 19.1 Å². The summed E-state index contributed by atoms with van der Waals surface area (Å²) in [5, 5.41) is 11.0. The molecule has 10 heteroatoms. The number of β-lactam (4-membered cyclic amide) rings is 1. The van der Waals surface area contributed by atoms with E-state index in [0.29, 0.717) is 24.2 Å². The molecule has 0 aliphatic carbocycles. The van der Waals surface area contributed by atoms with Crippen LogP contribution in [-0.4, -0.2) is 48.4 Å². The van der Waals surface area contributed by atoms with E-state index in [9.17, 15) is 24.5 Å². The molecular weight excluding hydrogens is 613 g/mol. The van der Waals surface area contributed by atoms with Crippen molar-refractivity contribution in [3.8, 4) is 11.1 Å². The molecule has 3 aromatic rings. The molecule has 1 amide bonds. The van der Waals surface area contributed by atoms with Crippen LogP contribution in [0, 0.1) is 22.0 Å². The van der Waals surface area contributed by atoms with Gasteiger partial charge in [-0.25, -0.2) is 4.79 Å². The molecule has 246 valence electrons. The Morgan fingerprint density at radius 3 is 1.96 bits per heavy atom. The third-order valence-electron chi connectivity index (χ3n) is 10.0. The molecule has 0 aromatic heterocycles. The number of nitro groups is 1. The maximum Gasteiger partial charge on any atom is 0.355 e. The van der Waals surface area contributed by atoms with Crippen molar-refractivity contribution in [2.75, 3.05) is 6.61 Å². The van der Waals surface area contributed by atoms with Crippen LogP contribution < -0.4 is 0 Å². The molecule has 1 fully saturated rings. The van der Waals surface area contributed by atoms with Crippen LogP contribution in [-0.2, 0) is 25.4 Å². The zero-order valence-corrected chi connectivity index (χ0v) is 28.7. The minimum Gasteiger partial charge on any atom is -0.456 e. The Morgan fingerprint density at radius 1 is 0.872 bits per heavy atom. The van der Waals surface area contributed by atoms with Gasteiger partial charge in [-0.2, -0.15) is 0 Å². The second-order valence-electron chi connectivity index (χ2n) is 12.4. The van der Waals surface area contributed by atoms with E-state index in [4.69, 9.17) is 9.16 Å². The number of benzene rings is 3. The molecule has 2 aliphatic heterocycles. The fraction of sp³-hybridized carbons (Fsp3) is 0.378. The van der Waals surface area contributed by atoms with Crippen molar-refractivity contribution in [2.45, 2.75) is 71.8 Å². The summed E-state index contributed by atoms with van der Waals surface area (Å²) in [5.41, 5.74) is 4.97. The Balaban J connectivity index is 1.41. The maximum atomic E-state index is 13.8. The number of carbonyl (C=O) groups is 3. The Bertz CT molecular complexity index is 1670. The number of ketones is 1. The largest absolute Gasteiger partial charge is 0.456 e. The number of amides is 1. The van der Waals surface area contributed by atoms with Crippen molar-refractivity contribution in [1.82, 2.24) is 4.90 Å². The van der Waals surface area contributed by atoms with Crippen molar-refractivity contribution >= 4 is 37.2 Å². The fourth-order valence-electron chi connectivity index (χ4n) is 6.95. The van der Waals surface area contributed by atoms with Gasteiger partial charge in [0, 0.05) is 30.2 Å². The Labute approximate surface area is 276 Å². The molecule has 3 aromatic carbocycles. The molecule has 2 aliphatic rings. The number of fused-ring (bicyclic) bond motifs is 1. The number of nitrogens with zero attached hydrogens (tertiary/aromatic N) is 2. The van der Waals surface area contributed by atoms with Crippen LogP contribution in [0.15, 0.2) is 78.5 Å². The highest BCUT2D eigenvalue weighted by Crippen LogP contribution is 2.51. The maximum absolute atomic E-state index is 13.8. The number of ether oxygens (including phenoxy) is 1. The van der Waals surface area contributed by atoms with Crippen molar-refractivity contribution in [1.29, 1.82) is 0 Å². The topological polar surface area (TPSA) is 116 Å². The fourth-order valence-corrected chi connectivity index (χ4v) is 9.61. The van der Waals surface area contributed by atoms with Crippen LogP contribution in [0.3, 0.4) is 0 Å². The second kappa shape index (κ2) is 14.1. The van der Waals surface area contributed by atoms with E-state index in [0.717, 1.165) is 40.4 Å². The number of hydrogen-bond acceptors (Lipinski definition) is 7. The van der Waals surface area contributed by atoms with Gasteiger partial charge in [0.1, 0.15) is 12.3 Å². The van der Waals surface area contributed by atoms with Gasteiger partial charge in [-0.1, -0.05) is 76.2 Å². The average Bonchev–Trinajstić information content (AvgIpc) is 3.36. The summed E-state index contributed by atoms with van der Waals surface area (Å²) >= 11 is 0. The summed E-state index contributed by atoms with van der Waals surface area (Å²) in [6, 6.07) is 24.1. The lowest BCUT2D eigenvalue weighted by Gasteiger charge is -2.45. The molecule has 47 heavy (non-hydrogen) atoms. The highest BCUT2D eigenvalue weighted by molar-refractivity contribution is 6.73.